The van der Waals surface area contributed by atoms with Crippen molar-refractivity contribution in [2.45, 2.75) is 5.41 Å². The zero-order chi connectivity index (χ0) is 41.0. The molecule has 0 saturated heterocycles. The van der Waals surface area contributed by atoms with Crippen molar-refractivity contribution in [3.8, 4) is 67.0 Å². The van der Waals surface area contributed by atoms with Crippen LogP contribution in [0.15, 0.2) is 191 Å². The van der Waals surface area contributed by atoms with Gasteiger partial charge in [-0.1, -0.05) is 152 Å². The average Bonchev–Trinajstić information content (AvgIpc) is 3.74. The van der Waals surface area contributed by atoms with Crippen LogP contribution in [0.3, 0.4) is 0 Å². The third-order valence-electron chi connectivity index (χ3n) is 12.5. The monoisotopic (exact) mass is 946 g/mol. The highest BCUT2D eigenvalue weighted by Gasteiger charge is 2.52. The lowest BCUT2D eigenvalue weighted by Crippen LogP contribution is -2.26. The molecule has 12 rings (SSSR count). The summed E-state index contributed by atoms with van der Waals surface area (Å²) in [4.78, 5) is 10.6. The quantitative estimate of drug-likeness (QED) is 0.176. The zero-order valence-electron chi connectivity index (χ0n) is 32.2. The van der Waals surface area contributed by atoms with Gasteiger partial charge in [0.1, 0.15) is 0 Å². The molecule has 288 valence electrons. The highest BCUT2D eigenvalue weighted by molar-refractivity contribution is 9.10. The first-order chi connectivity index (χ1) is 29.8. The van der Waals surface area contributed by atoms with Crippen molar-refractivity contribution in [3.63, 3.8) is 0 Å². The molecule has 0 unspecified atom stereocenters. The van der Waals surface area contributed by atoms with Crippen LogP contribution in [0.2, 0.25) is 10.0 Å². The maximum atomic E-state index is 6.59. The molecule has 0 radical (unpaired) electrons. The van der Waals surface area contributed by atoms with Crippen molar-refractivity contribution in [2.24, 2.45) is 0 Å². The molecule has 0 aliphatic heterocycles. The van der Waals surface area contributed by atoms with Gasteiger partial charge in [0.2, 0.25) is 0 Å². The van der Waals surface area contributed by atoms with Crippen molar-refractivity contribution in [2.75, 3.05) is 0 Å². The summed E-state index contributed by atoms with van der Waals surface area (Å²) in [6.45, 7) is 0. The summed E-state index contributed by atoms with van der Waals surface area (Å²) in [6.07, 6.45) is 0. The number of hydrogen-bond donors (Lipinski definition) is 0. The van der Waals surface area contributed by atoms with Crippen molar-refractivity contribution >= 4 is 76.9 Å². The molecule has 2 aliphatic carbocycles. The Bertz CT molecular complexity index is 3240. The summed E-state index contributed by atoms with van der Waals surface area (Å²) in [7, 11) is 0. The molecule has 8 aromatic carbocycles. The third-order valence-corrected chi connectivity index (χ3v) is 14.0. The maximum absolute atomic E-state index is 6.59. The lowest BCUT2D eigenvalue weighted by molar-refractivity contribution is 0.793. The zero-order valence-corrected chi connectivity index (χ0v) is 36.9. The molecule has 0 atom stereocenters. The van der Waals surface area contributed by atoms with Crippen LogP contribution < -0.4 is 0 Å². The van der Waals surface area contributed by atoms with Gasteiger partial charge in [-0.3, -0.25) is 0 Å². The lowest BCUT2D eigenvalue weighted by Gasteiger charge is -2.31. The van der Waals surface area contributed by atoms with Crippen LogP contribution >= 0.6 is 55.1 Å². The summed E-state index contributed by atoms with van der Waals surface area (Å²) < 4.78 is 2.06. The van der Waals surface area contributed by atoms with E-state index in [2.05, 4.69) is 165 Å². The van der Waals surface area contributed by atoms with E-state index in [9.17, 15) is 0 Å². The van der Waals surface area contributed by atoms with Crippen LogP contribution in [-0.4, -0.2) is 9.97 Å². The van der Waals surface area contributed by atoms with E-state index in [1.807, 2.05) is 48.5 Å². The van der Waals surface area contributed by atoms with Crippen molar-refractivity contribution in [1.82, 2.24) is 9.97 Å². The van der Waals surface area contributed by atoms with E-state index < -0.39 is 5.41 Å². The first-order valence-electron chi connectivity index (χ1n) is 20.1. The van der Waals surface area contributed by atoms with Gasteiger partial charge >= 0.3 is 0 Å². The molecule has 10 aromatic rings. The average molecular weight is 950 g/mol. The van der Waals surface area contributed by atoms with Gasteiger partial charge in [-0.15, -0.1) is 0 Å². The second-order valence-corrected chi connectivity index (χ2v) is 18.5. The van der Waals surface area contributed by atoms with Gasteiger partial charge in [0.15, 0.2) is 0 Å². The summed E-state index contributed by atoms with van der Waals surface area (Å²) in [6, 6.07) is 64.7. The number of pyridine rings is 2. The highest BCUT2D eigenvalue weighted by atomic mass is 79.9. The Morgan fingerprint density at radius 2 is 0.738 bits per heavy atom. The normalized spacial score (nSPS) is 13.0. The molecule has 2 nitrogen and oxygen atoms in total. The molecule has 0 saturated carbocycles. The fourth-order valence-corrected chi connectivity index (χ4v) is 11.0. The molecule has 6 heteroatoms. The van der Waals surface area contributed by atoms with Crippen molar-refractivity contribution < 1.29 is 0 Å². The Hall–Kier alpha value is -5.88. The Morgan fingerprint density at radius 1 is 0.344 bits per heavy atom. The predicted octanol–water partition coefficient (Wildman–Crippen LogP) is 16.6. The molecule has 0 amide bonds. The van der Waals surface area contributed by atoms with E-state index in [0.717, 1.165) is 75.5 Å². The maximum Gasteiger partial charge on any atom is 0.0726 e. The topological polar surface area (TPSA) is 25.8 Å². The van der Waals surface area contributed by atoms with E-state index in [-0.39, 0.29) is 0 Å². The number of rotatable bonds is 4. The minimum absolute atomic E-state index is 0.645. The summed E-state index contributed by atoms with van der Waals surface area (Å²) in [5.74, 6) is 0. The number of hydrogen-bond acceptors (Lipinski definition) is 2. The largest absolute Gasteiger partial charge is 0.248 e. The molecule has 0 N–H and O–H groups in total. The Balaban J connectivity index is 1.13. The standard InChI is InChI=1S/C55H30Br2Cl2N2/c56-35-13-19-41-39-17-11-33(53-29-43(31-7-3-1-4-8-31)45-27-37(58)15-21-51(45)60-53)23-47(39)55(49(41)25-35)48-24-34(12-18-40(48)42-20-14-36(57)26-50(42)55)54-30-44(32-9-5-2-6-10-32)46-28-38(59)16-22-52(46)61-54/h1-30H. The fraction of sp³-hybridized carbons (Fsp3) is 0.0182. The van der Waals surface area contributed by atoms with Crippen LogP contribution in [0, 0.1) is 0 Å². The first kappa shape index (κ1) is 36.9. The van der Waals surface area contributed by atoms with E-state index in [4.69, 9.17) is 33.2 Å². The van der Waals surface area contributed by atoms with E-state index in [1.54, 1.807) is 0 Å². The van der Waals surface area contributed by atoms with Gasteiger partial charge in [-0.25, -0.2) is 9.97 Å². The number of benzene rings is 8. The van der Waals surface area contributed by atoms with Gasteiger partial charge in [0, 0.05) is 40.9 Å². The Labute approximate surface area is 379 Å². The van der Waals surface area contributed by atoms with Gasteiger partial charge < -0.3 is 0 Å². The molecule has 0 bridgehead atoms. The molecule has 2 heterocycles. The van der Waals surface area contributed by atoms with Crippen LogP contribution in [0.25, 0.3) is 88.8 Å². The number of nitrogens with zero attached hydrogens (tertiary/aromatic N) is 2. The van der Waals surface area contributed by atoms with Crippen LogP contribution in [-0.2, 0) is 5.41 Å². The molecular weight excluding hydrogens is 919 g/mol. The number of aromatic nitrogens is 2. The minimum Gasteiger partial charge on any atom is -0.248 e. The minimum atomic E-state index is -0.645. The molecule has 2 aromatic heterocycles. The molecule has 0 fully saturated rings. The number of fused-ring (bicyclic) bond motifs is 12. The lowest BCUT2D eigenvalue weighted by atomic mass is 9.70. The van der Waals surface area contributed by atoms with Crippen molar-refractivity contribution in [1.29, 1.82) is 0 Å². The van der Waals surface area contributed by atoms with Gasteiger partial charge in [-0.05, 0) is 152 Å². The summed E-state index contributed by atoms with van der Waals surface area (Å²) >= 11 is 21.0. The molecule has 61 heavy (non-hydrogen) atoms. The SMILES string of the molecule is Clc1ccc2nc(-c3ccc4c(c3)C3(c5cc(Br)ccc5-4)c4cc(Br)ccc4-c4ccc(-c5cc(-c6ccccc6)c6cc(Cl)ccc6n5)cc43)cc(-c3ccccc3)c2c1. The Kier molecular flexibility index (Phi) is 8.53. The van der Waals surface area contributed by atoms with Gasteiger partial charge in [0.05, 0.1) is 27.8 Å². The predicted molar refractivity (Wildman–Crippen MR) is 261 cm³/mol. The molecular formula is C55H30Br2Cl2N2. The second-order valence-electron chi connectivity index (χ2n) is 15.8. The van der Waals surface area contributed by atoms with E-state index in [0.29, 0.717) is 10.0 Å². The van der Waals surface area contributed by atoms with E-state index >= 15 is 0 Å². The molecule has 1 spiro atoms. The fourth-order valence-electron chi connectivity index (χ4n) is 9.90. The first-order valence-corrected chi connectivity index (χ1v) is 22.4. The van der Waals surface area contributed by atoms with Crippen LogP contribution in [0.1, 0.15) is 22.3 Å². The third kappa shape index (κ3) is 5.73. The summed E-state index contributed by atoms with van der Waals surface area (Å²) in [5.41, 5.74) is 19.2. The van der Waals surface area contributed by atoms with Gasteiger partial charge in [-0.2, -0.15) is 0 Å². The van der Waals surface area contributed by atoms with Crippen LogP contribution in [0.4, 0.5) is 0 Å². The van der Waals surface area contributed by atoms with Gasteiger partial charge in [0.25, 0.3) is 0 Å². The Morgan fingerprint density at radius 3 is 1.16 bits per heavy atom. The highest BCUT2D eigenvalue weighted by Crippen LogP contribution is 2.64. The summed E-state index contributed by atoms with van der Waals surface area (Å²) in [5, 5.41) is 3.42. The van der Waals surface area contributed by atoms with E-state index in [1.165, 1.54) is 44.5 Å². The van der Waals surface area contributed by atoms with Crippen molar-refractivity contribution in [3.05, 3.63) is 223 Å². The van der Waals surface area contributed by atoms with Crippen LogP contribution in [0.5, 0.6) is 0 Å². The molecule has 2 aliphatic rings. The second kappa shape index (κ2) is 14.1. The smallest absolute Gasteiger partial charge is 0.0726 e. The number of halogens is 4.